The van der Waals surface area contributed by atoms with Gasteiger partial charge in [-0.05, 0) is 25.7 Å². The average molecular weight is 290 g/mol. The van der Waals surface area contributed by atoms with E-state index in [0.717, 1.165) is 25.6 Å². The Hall–Kier alpha value is -1.43. The van der Waals surface area contributed by atoms with E-state index in [1.807, 2.05) is 11.8 Å². The summed E-state index contributed by atoms with van der Waals surface area (Å²) in [5.74, 6) is 2.64. The van der Waals surface area contributed by atoms with Gasteiger partial charge >= 0.3 is 0 Å². The minimum absolute atomic E-state index is 0.125. The fourth-order valence-corrected chi connectivity index (χ4v) is 3.96. The Kier molecular flexibility index (Phi) is 2.86. The van der Waals surface area contributed by atoms with Crippen LogP contribution in [-0.4, -0.2) is 58.6 Å². The highest BCUT2D eigenvalue weighted by Crippen LogP contribution is 2.49. The minimum atomic E-state index is 0.125. The third-order valence-corrected chi connectivity index (χ3v) is 5.22. The molecule has 114 valence electrons. The molecule has 3 fully saturated rings. The smallest absolute Gasteiger partial charge is 0.232 e. The van der Waals surface area contributed by atoms with Crippen LogP contribution in [0.15, 0.2) is 4.52 Å². The fourth-order valence-electron chi connectivity index (χ4n) is 3.96. The number of aromatic nitrogens is 2. The van der Waals surface area contributed by atoms with Crippen molar-refractivity contribution >= 4 is 5.91 Å². The summed E-state index contributed by atoms with van der Waals surface area (Å²) in [5, 5.41) is 3.93. The fraction of sp³-hybridized carbons (Fsp3) is 0.800. The van der Waals surface area contributed by atoms with E-state index < -0.39 is 0 Å². The number of nitrogens with zero attached hydrogens (tertiary/aromatic N) is 4. The molecule has 1 atom stereocenters. The van der Waals surface area contributed by atoms with Crippen LogP contribution in [-0.2, 0) is 4.79 Å². The molecule has 1 amide bonds. The molecule has 6 heteroatoms. The molecule has 0 N–H and O–H groups in total. The summed E-state index contributed by atoms with van der Waals surface area (Å²) in [4.78, 5) is 20.7. The lowest BCUT2D eigenvalue weighted by Gasteiger charge is -2.50. The van der Waals surface area contributed by atoms with Crippen LogP contribution in [0, 0.1) is 18.3 Å². The summed E-state index contributed by atoms with van der Waals surface area (Å²) < 4.78 is 5.42. The van der Waals surface area contributed by atoms with Crippen LogP contribution >= 0.6 is 0 Å². The standard InChI is InChI=1S/C15H22N4O2/c1-10-16-14(21-17-10)13-6-19(11(2)20)9-15(13)7-18(8-15)5-12-3-4-12/h12-13H,3-9H2,1-2H3. The lowest BCUT2D eigenvalue weighted by atomic mass is 9.71. The second-order valence-electron chi connectivity index (χ2n) is 7.11. The van der Waals surface area contributed by atoms with Gasteiger partial charge in [0.1, 0.15) is 0 Å². The first-order chi connectivity index (χ1) is 10.1. The molecule has 2 saturated heterocycles. The van der Waals surface area contributed by atoms with Crippen LogP contribution in [0.1, 0.15) is 37.4 Å². The van der Waals surface area contributed by atoms with Crippen LogP contribution in [0.5, 0.6) is 0 Å². The first kappa shape index (κ1) is 13.2. The second-order valence-corrected chi connectivity index (χ2v) is 7.11. The predicted molar refractivity (Wildman–Crippen MR) is 75.6 cm³/mol. The van der Waals surface area contributed by atoms with Gasteiger partial charge in [-0.2, -0.15) is 4.98 Å². The molecule has 3 heterocycles. The Morgan fingerprint density at radius 1 is 1.38 bits per heavy atom. The van der Waals surface area contributed by atoms with Gasteiger partial charge in [-0.1, -0.05) is 5.16 Å². The lowest BCUT2D eigenvalue weighted by Crippen LogP contribution is -2.60. The number of likely N-dealkylation sites (tertiary alicyclic amines) is 2. The molecular weight excluding hydrogens is 268 g/mol. The molecule has 2 aliphatic heterocycles. The average Bonchev–Trinajstić information content (AvgIpc) is 2.95. The molecule has 0 aromatic carbocycles. The van der Waals surface area contributed by atoms with Crippen molar-refractivity contribution < 1.29 is 9.32 Å². The van der Waals surface area contributed by atoms with Gasteiger partial charge in [-0.25, -0.2) is 0 Å². The van der Waals surface area contributed by atoms with E-state index >= 15 is 0 Å². The largest absolute Gasteiger partial charge is 0.341 e. The monoisotopic (exact) mass is 290 g/mol. The van der Waals surface area contributed by atoms with Crippen molar-refractivity contribution in [3.8, 4) is 0 Å². The SMILES string of the molecule is CC(=O)N1CC(c2nc(C)no2)C2(CN(CC3CC3)C2)C1. The highest BCUT2D eigenvalue weighted by molar-refractivity contribution is 5.74. The van der Waals surface area contributed by atoms with Gasteiger partial charge in [-0.15, -0.1) is 0 Å². The van der Waals surface area contributed by atoms with Crippen molar-refractivity contribution in [3.05, 3.63) is 11.7 Å². The van der Waals surface area contributed by atoms with Crippen molar-refractivity contribution in [2.75, 3.05) is 32.7 Å². The molecule has 1 spiro atoms. The number of carbonyl (C=O) groups is 1. The number of hydrogen-bond acceptors (Lipinski definition) is 5. The van der Waals surface area contributed by atoms with E-state index in [1.165, 1.54) is 19.4 Å². The maximum atomic E-state index is 11.8. The van der Waals surface area contributed by atoms with Gasteiger partial charge in [-0.3, -0.25) is 4.79 Å². The molecule has 1 aromatic heterocycles. The highest BCUT2D eigenvalue weighted by Gasteiger charge is 2.57. The van der Waals surface area contributed by atoms with Crippen molar-refractivity contribution in [1.29, 1.82) is 0 Å². The molecule has 0 bridgehead atoms. The molecule has 1 aromatic rings. The number of rotatable bonds is 3. The third-order valence-electron chi connectivity index (χ3n) is 5.22. The van der Waals surface area contributed by atoms with Crippen LogP contribution in [0.2, 0.25) is 0 Å². The molecule has 6 nitrogen and oxygen atoms in total. The summed E-state index contributed by atoms with van der Waals surface area (Å²) in [7, 11) is 0. The van der Waals surface area contributed by atoms with Gasteiger partial charge < -0.3 is 14.3 Å². The first-order valence-corrected chi connectivity index (χ1v) is 7.84. The molecule has 1 unspecified atom stereocenters. The Bertz CT molecular complexity index is 560. The quantitative estimate of drug-likeness (QED) is 0.832. The highest BCUT2D eigenvalue weighted by atomic mass is 16.5. The zero-order valence-corrected chi connectivity index (χ0v) is 12.7. The summed E-state index contributed by atoms with van der Waals surface area (Å²) >= 11 is 0. The number of aryl methyl sites for hydroxylation is 1. The molecule has 0 radical (unpaired) electrons. The number of hydrogen-bond donors (Lipinski definition) is 0. The maximum Gasteiger partial charge on any atom is 0.232 e. The van der Waals surface area contributed by atoms with Crippen LogP contribution in [0.4, 0.5) is 0 Å². The molecule has 4 rings (SSSR count). The molecule has 3 aliphatic rings. The number of amides is 1. The Labute approximate surface area is 124 Å². The van der Waals surface area contributed by atoms with E-state index in [0.29, 0.717) is 18.3 Å². The lowest BCUT2D eigenvalue weighted by molar-refractivity contribution is -0.128. The van der Waals surface area contributed by atoms with Gasteiger partial charge in [0.15, 0.2) is 5.82 Å². The normalized spacial score (nSPS) is 28.1. The molecule has 1 saturated carbocycles. The van der Waals surface area contributed by atoms with Crippen molar-refractivity contribution in [3.63, 3.8) is 0 Å². The zero-order chi connectivity index (χ0) is 14.6. The van der Waals surface area contributed by atoms with Gasteiger partial charge in [0.05, 0.1) is 5.92 Å². The minimum Gasteiger partial charge on any atom is -0.341 e. The van der Waals surface area contributed by atoms with Crippen molar-refractivity contribution in [2.24, 2.45) is 11.3 Å². The topological polar surface area (TPSA) is 62.5 Å². The first-order valence-electron chi connectivity index (χ1n) is 7.84. The predicted octanol–water partition coefficient (Wildman–Crippen LogP) is 1.04. The summed E-state index contributed by atoms with van der Waals surface area (Å²) in [6, 6.07) is 0. The maximum absolute atomic E-state index is 11.8. The van der Waals surface area contributed by atoms with Crippen molar-refractivity contribution in [1.82, 2.24) is 19.9 Å². The summed E-state index contributed by atoms with van der Waals surface area (Å²) in [6.45, 7) is 8.37. The van der Waals surface area contributed by atoms with Gasteiger partial charge in [0.25, 0.3) is 0 Å². The van der Waals surface area contributed by atoms with E-state index in [1.54, 1.807) is 6.92 Å². The molecule has 21 heavy (non-hydrogen) atoms. The molecular formula is C15H22N4O2. The summed E-state index contributed by atoms with van der Waals surface area (Å²) in [5.41, 5.74) is 0.125. The Morgan fingerprint density at radius 3 is 2.71 bits per heavy atom. The van der Waals surface area contributed by atoms with Crippen LogP contribution < -0.4 is 0 Å². The molecule has 1 aliphatic carbocycles. The second kappa shape index (κ2) is 4.53. The zero-order valence-electron chi connectivity index (χ0n) is 12.7. The Balaban J connectivity index is 1.53. The Morgan fingerprint density at radius 2 is 2.14 bits per heavy atom. The third kappa shape index (κ3) is 2.25. The van der Waals surface area contributed by atoms with Gasteiger partial charge in [0, 0.05) is 45.1 Å². The van der Waals surface area contributed by atoms with E-state index in [4.69, 9.17) is 4.52 Å². The summed E-state index contributed by atoms with van der Waals surface area (Å²) in [6.07, 6.45) is 2.77. The van der Waals surface area contributed by atoms with Crippen LogP contribution in [0.25, 0.3) is 0 Å². The van der Waals surface area contributed by atoms with E-state index in [2.05, 4.69) is 15.0 Å². The van der Waals surface area contributed by atoms with E-state index in [-0.39, 0.29) is 17.2 Å². The van der Waals surface area contributed by atoms with E-state index in [9.17, 15) is 4.79 Å². The van der Waals surface area contributed by atoms with Crippen molar-refractivity contribution in [2.45, 2.75) is 32.6 Å². The number of carbonyl (C=O) groups excluding carboxylic acids is 1. The van der Waals surface area contributed by atoms with Gasteiger partial charge in [0.2, 0.25) is 11.8 Å². The van der Waals surface area contributed by atoms with Crippen LogP contribution in [0.3, 0.4) is 0 Å².